The first-order valence-corrected chi connectivity index (χ1v) is 12.5. The molecule has 0 spiro atoms. The third-order valence-corrected chi connectivity index (χ3v) is 7.95. The molecule has 2 heterocycles. The van der Waals surface area contributed by atoms with Crippen molar-refractivity contribution in [2.45, 2.75) is 50.2 Å². The Bertz CT molecular complexity index is 1300. The number of carbonyl (C=O) groups excluding carboxylic acids is 1. The highest BCUT2D eigenvalue weighted by Crippen LogP contribution is 2.36. The van der Waals surface area contributed by atoms with Gasteiger partial charge in [-0.25, -0.2) is 8.42 Å². The van der Waals surface area contributed by atoms with Crippen molar-refractivity contribution < 1.29 is 17.9 Å². The first-order valence-electron chi connectivity index (χ1n) is 11.1. The van der Waals surface area contributed by atoms with Gasteiger partial charge in [0.2, 0.25) is 10.0 Å². The third-order valence-electron chi connectivity index (χ3n) is 6.04. The third kappa shape index (κ3) is 4.65. The van der Waals surface area contributed by atoms with E-state index < -0.39 is 10.0 Å². The molecule has 1 aliphatic rings. The molecular weight excluding hydrogens is 438 g/mol. The Morgan fingerprint density at radius 1 is 1.15 bits per heavy atom. The average Bonchev–Trinajstić information content (AvgIpc) is 3.17. The number of aldehydes is 1. The van der Waals surface area contributed by atoms with E-state index in [0.717, 1.165) is 22.8 Å². The van der Waals surface area contributed by atoms with Crippen molar-refractivity contribution in [1.29, 1.82) is 5.26 Å². The molecule has 1 aliphatic heterocycles. The van der Waals surface area contributed by atoms with E-state index >= 15 is 0 Å². The molecule has 0 saturated carbocycles. The summed E-state index contributed by atoms with van der Waals surface area (Å²) in [5.41, 5.74) is 2.50. The second-order valence-electron chi connectivity index (χ2n) is 8.56. The van der Waals surface area contributed by atoms with Gasteiger partial charge in [-0.1, -0.05) is 6.07 Å². The minimum Gasteiger partial charge on any atom is -0.491 e. The number of nitrogens with zero attached hydrogens (tertiary/aromatic N) is 3. The van der Waals surface area contributed by atoms with Gasteiger partial charge in [0.1, 0.15) is 12.0 Å². The molecule has 8 heteroatoms. The number of aromatic nitrogens is 1. The molecule has 1 saturated heterocycles. The van der Waals surface area contributed by atoms with E-state index in [-0.39, 0.29) is 23.5 Å². The lowest BCUT2D eigenvalue weighted by molar-refractivity contribution is -0.108. The van der Waals surface area contributed by atoms with E-state index in [0.29, 0.717) is 37.2 Å². The Balaban J connectivity index is 1.52. The van der Waals surface area contributed by atoms with Crippen molar-refractivity contribution in [2.24, 2.45) is 0 Å². The van der Waals surface area contributed by atoms with Gasteiger partial charge in [0.05, 0.1) is 34.7 Å². The normalized spacial score (nSPS) is 15.6. The highest BCUT2D eigenvalue weighted by Gasteiger charge is 2.31. The lowest BCUT2D eigenvalue weighted by Crippen LogP contribution is -2.37. The Kier molecular flexibility index (Phi) is 6.54. The van der Waals surface area contributed by atoms with E-state index in [2.05, 4.69) is 6.07 Å². The van der Waals surface area contributed by atoms with E-state index in [9.17, 15) is 18.5 Å². The zero-order valence-electron chi connectivity index (χ0n) is 18.8. The molecule has 1 aromatic heterocycles. The van der Waals surface area contributed by atoms with Crippen LogP contribution in [0.15, 0.2) is 53.6 Å². The van der Waals surface area contributed by atoms with Crippen LogP contribution in [0.1, 0.15) is 43.7 Å². The van der Waals surface area contributed by atoms with Crippen LogP contribution in [0.4, 0.5) is 0 Å². The molecule has 172 valence electrons. The molecule has 4 rings (SSSR count). The van der Waals surface area contributed by atoms with Gasteiger partial charge < -0.3 is 14.1 Å². The van der Waals surface area contributed by atoms with Gasteiger partial charge in [-0.3, -0.25) is 0 Å². The van der Waals surface area contributed by atoms with Gasteiger partial charge in [-0.2, -0.15) is 9.57 Å². The van der Waals surface area contributed by atoms with Crippen molar-refractivity contribution in [3.05, 3.63) is 59.8 Å². The quantitative estimate of drug-likeness (QED) is 0.491. The van der Waals surface area contributed by atoms with E-state index in [4.69, 9.17) is 4.74 Å². The van der Waals surface area contributed by atoms with Crippen LogP contribution in [-0.2, 0) is 21.4 Å². The van der Waals surface area contributed by atoms with Crippen molar-refractivity contribution >= 4 is 27.2 Å². The van der Waals surface area contributed by atoms with Crippen molar-refractivity contribution in [3.63, 3.8) is 0 Å². The highest BCUT2D eigenvalue weighted by molar-refractivity contribution is 7.89. The Hall–Kier alpha value is -3.15. The van der Waals surface area contributed by atoms with Crippen LogP contribution in [-0.4, -0.2) is 42.8 Å². The van der Waals surface area contributed by atoms with Gasteiger partial charge in [0, 0.05) is 24.7 Å². The number of hydrogen-bond donors (Lipinski definition) is 0. The second-order valence-corrected chi connectivity index (χ2v) is 10.5. The van der Waals surface area contributed by atoms with Gasteiger partial charge in [0.25, 0.3) is 0 Å². The maximum absolute atomic E-state index is 13.1. The SMILES string of the molecule is CC(C)Oc1ccc(S(=O)(=O)N2CCC(c3cn(CC=O)c4cc(C#N)ccc34)CC2)cc1. The summed E-state index contributed by atoms with van der Waals surface area (Å²) in [5.74, 6) is 0.829. The van der Waals surface area contributed by atoms with Crippen molar-refractivity contribution in [1.82, 2.24) is 8.87 Å². The number of ether oxygens (including phenoxy) is 1. The van der Waals surface area contributed by atoms with Gasteiger partial charge in [-0.15, -0.1) is 0 Å². The van der Waals surface area contributed by atoms with E-state index in [1.807, 2.05) is 30.7 Å². The van der Waals surface area contributed by atoms with Crippen LogP contribution in [0.25, 0.3) is 10.9 Å². The molecule has 0 amide bonds. The first-order chi connectivity index (χ1) is 15.8. The minimum atomic E-state index is -3.58. The van der Waals surface area contributed by atoms with E-state index in [1.165, 1.54) is 0 Å². The molecule has 0 radical (unpaired) electrons. The number of sulfonamides is 1. The summed E-state index contributed by atoms with van der Waals surface area (Å²) in [6.45, 7) is 4.91. The fourth-order valence-corrected chi connectivity index (χ4v) is 5.93. The number of benzene rings is 2. The number of piperidine rings is 1. The maximum atomic E-state index is 13.1. The minimum absolute atomic E-state index is 0.0236. The van der Waals surface area contributed by atoms with Crippen molar-refractivity contribution in [2.75, 3.05) is 13.1 Å². The Labute approximate surface area is 194 Å². The molecule has 0 unspecified atom stereocenters. The molecule has 33 heavy (non-hydrogen) atoms. The molecule has 0 atom stereocenters. The predicted octanol–water partition coefficient (Wildman–Crippen LogP) is 4.07. The summed E-state index contributed by atoms with van der Waals surface area (Å²) >= 11 is 0. The zero-order chi connectivity index (χ0) is 23.6. The van der Waals surface area contributed by atoms with Crippen LogP contribution in [0, 0.1) is 11.3 Å². The average molecular weight is 466 g/mol. The predicted molar refractivity (Wildman–Crippen MR) is 126 cm³/mol. The molecule has 7 nitrogen and oxygen atoms in total. The summed E-state index contributed by atoms with van der Waals surface area (Å²) in [6, 6.07) is 14.2. The van der Waals surface area contributed by atoms with Gasteiger partial charge >= 0.3 is 0 Å². The summed E-state index contributed by atoms with van der Waals surface area (Å²) < 4.78 is 35.3. The molecule has 0 bridgehead atoms. The maximum Gasteiger partial charge on any atom is 0.243 e. The Morgan fingerprint density at radius 3 is 2.45 bits per heavy atom. The largest absolute Gasteiger partial charge is 0.491 e. The first kappa shape index (κ1) is 23.0. The molecule has 3 aromatic rings. The topological polar surface area (TPSA) is 92.4 Å². The number of fused-ring (bicyclic) bond motifs is 1. The van der Waals surface area contributed by atoms with Crippen LogP contribution in [0.2, 0.25) is 0 Å². The fourth-order valence-electron chi connectivity index (χ4n) is 4.47. The lowest BCUT2D eigenvalue weighted by atomic mass is 9.90. The molecule has 2 aromatic carbocycles. The number of hydrogen-bond acceptors (Lipinski definition) is 5. The molecule has 0 N–H and O–H groups in total. The van der Waals surface area contributed by atoms with Gasteiger partial charge in [-0.05, 0) is 74.6 Å². The zero-order valence-corrected chi connectivity index (χ0v) is 19.6. The number of carbonyl (C=O) groups is 1. The lowest BCUT2D eigenvalue weighted by Gasteiger charge is -2.31. The summed E-state index contributed by atoms with van der Waals surface area (Å²) in [5, 5.41) is 10.2. The summed E-state index contributed by atoms with van der Waals surface area (Å²) in [6.07, 6.45) is 4.22. The second kappa shape index (κ2) is 9.38. The highest BCUT2D eigenvalue weighted by atomic mass is 32.2. The fraction of sp³-hybridized carbons (Fsp3) is 0.360. The van der Waals surface area contributed by atoms with Crippen LogP contribution < -0.4 is 4.74 Å². The molecule has 0 aliphatic carbocycles. The van der Waals surface area contributed by atoms with Crippen LogP contribution in [0.5, 0.6) is 5.75 Å². The van der Waals surface area contributed by atoms with E-state index in [1.54, 1.807) is 40.7 Å². The summed E-state index contributed by atoms with van der Waals surface area (Å²) in [7, 11) is -3.58. The number of nitriles is 1. The monoisotopic (exact) mass is 465 g/mol. The van der Waals surface area contributed by atoms with Gasteiger partial charge in [0.15, 0.2) is 0 Å². The van der Waals surface area contributed by atoms with Crippen LogP contribution in [0.3, 0.4) is 0 Å². The standard InChI is InChI=1S/C25H27N3O4S/c1-18(2)32-21-4-6-22(7-5-21)33(30,31)28-11-9-20(10-12-28)24-17-27(13-14-29)25-15-19(16-26)3-8-23(24)25/h3-8,14-15,17-18,20H,9-13H2,1-2H3. The number of rotatable bonds is 7. The smallest absolute Gasteiger partial charge is 0.243 e. The summed E-state index contributed by atoms with van der Waals surface area (Å²) in [4.78, 5) is 11.4. The molecule has 1 fully saturated rings. The Morgan fingerprint density at radius 2 is 1.85 bits per heavy atom. The van der Waals surface area contributed by atoms with Crippen LogP contribution >= 0.6 is 0 Å². The van der Waals surface area contributed by atoms with Crippen molar-refractivity contribution in [3.8, 4) is 11.8 Å². The molecular formula is C25H27N3O4S.